The molecule has 1 N–H and O–H groups in total. The highest BCUT2D eigenvalue weighted by atomic mass is 32.2. The summed E-state index contributed by atoms with van der Waals surface area (Å²) in [6.45, 7) is 4.39. The van der Waals surface area contributed by atoms with Gasteiger partial charge in [-0.15, -0.1) is 0 Å². The second-order valence-electron chi connectivity index (χ2n) is 3.42. The van der Waals surface area contributed by atoms with E-state index in [4.69, 9.17) is 0 Å². The molecule has 88 valence electrons. The van der Waals surface area contributed by atoms with Gasteiger partial charge >= 0.3 is 0 Å². The molecule has 16 heavy (non-hydrogen) atoms. The Morgan fingerprint density at radius 2 is 1.94 bits per heavy atom. The molecular formula is C11H15NS4. The number of rotatable bonds is 5. The highest BCUT2D eigenvalue weighted by Crippen LogP contribution is 2.52. The van der Waals surface area contributed by atoms with Crippen LogP contribution in [0.1, 0.15) is 19.8 Å². The van der Waals surface area contributed by atoms with Gasteiger partial charge in [-0.25, -0.2) is 0 Å². The van der Waals surface area contributed by atoms with E-state index in [-0.39, 0.29) is 0 Å². The molecule has 5 heteroatoms. The maximum absolute atomic E-state index is 3.49. The third kappa shape index (κ3) is 3.81. The fourth-order valence-corrected chi connectivity index (χ4v) is 5.73. The van der Waals surface area contributed by atoms with Crippen LogP contribution in [0.2, 0.25) is 0 Å². The van der Waals surface area contributed by atoms with Crippen LogP contribution in [0.4, 0.5) is 0 Å². The monoisotopic (exact) mass is 289 g/mol. The first-order chi connectivity index (χ1) is 7.90. The highest BCUT2D eigenvalue weighted by Gasteiger charge is 2.17. The zero-order valence-corrected chi connectivity index (χ0v) is 12.5. The average Bonchev–Trinajstić information content (AvgIpc) is 2.94. The highest BCUT2D eigenvalue weighted by molar-refractivity contribution is 8.33. The van der Waals surface area contributed by atoms with Gasteiger partial charge in [-0.3, -0.25) is 0 Å². The van der Waals surface area contributed by atoms with Crippen molar-refractivity contribution < 1.29 is 0 Å². The number of unbranched alkanes of at least 4 members (excludes halogenated alkanes) is 1. The summed E-state index contributed by atoms with van der Waals surface area (Å²) >= 11 is 7.48. The molecule has 0 spiro atoms. The van der Waals surface area contributed by atoms with Crippen LogP contribution in [-0.4, -0.2) is 13.1 Å². The molecule has 0 fully saturated rings. The van der Waals surface area contributed by atoms with Crippen molar-refractivity contribution in [2.45, 2.75) is 19.8 Å². The van der Waals surface area contributed by atoms with Crippen LogP contribution < -0.4 is 5.32 Å². The normalized spacial score (nSPS) is 19.7. The summed E-state index contributed by atoms with van der Waals surface area (Å²) in [7, 11) is 0. The van der Waals surface area contributed by atoms with Crippen molar-refractivity contribution in [1.29, 1.82) is 0 Å². The lowest BCUT2D eigenvalue weighted by atomic mass is 10.3. The van der Waals surface area contributed by atoms with E-state index in [0.717, 1.165) is 13.1 Å². The van der Waals surface area contributed by atoms with Crippen LogP contribution in [0.5, 0.6) is 0 Å². The van der Waals surface area contributed by atoms with Gasteiger partial charge in [0.25, 0.3) is 0 Å². The Kier molecular flexibility index (Phi) is 5.79. The van der Waals surface area contributed by atoms with E-state index in [1.54, 1.807) is 0 Å². The Morgan fingerprint density at radius 3 is 2.69 bits per heavy atom. The number of hydrogen-bond acceptors (Lipinski definition) is 5. The van der Waals surface area contributed by atoms with Gasteiger partial charge < -0.3 is 5.32 Å². The van der Waals surface area contributed by atoms with Crippen LogP contribution in [0.3, 0.4) is 0 Å². The van der Waals surface area contributed by atoms with E-state index in [1.807, 2.05) is 47.0 Å². The van der Waals surface area contributed by atoms with Crippen LogP contribution in [-0.2, 0) is 0 Å². The summed E-state index contributed by atoms with van der Waals surface area (Å²) in [6.07, 6.45) is 2.54. The van der Waals surface area contributed by atoms with Crippen molar-refractivity contribution in [1.82, 2.24) is 5.32 Å². The molecular weight excluding hydrogens is 274 g/mol. The summed E-state index contributed by atoms with van der Waals surface area (Å²) in [6, 6.07) is 0. The van der Waals surface area contributed by atoms with Crippen molar-refractivity contribution in [3.63, 3.8) is 0 Å². The number of thioether (sulfide) groups is 4. The van der Waals surface area contributed by atoms with Crippen LogP contribution in [0.15, 0.2) is 29.6 Å². The van der Waals surface area contributed by atoms with Gasteiger partial charge in [0.2, 0.25) is 0 Å². The maximum Gasteiger partial charge on any atom is 0.0697 e. The van der Waals surface area contributed by atoms with E-state index in [9.17, 15) is 0 Å². The van der Waals surface area contributed by atoms with Gasteiger partial charge in [-0.1, -0.05) is 60.4 Å². The minimum absolute atomic E-state index is 1.03. The first-order valence-electron chi connectivity index (χ1n) is 5.37. The molecule has 0 aromatic rings. The molecule has 0 amide bonds. The summed E-state index contributed by atoms with van der Waals surface area (Å²) in [5.74, 6) is 0. The molecule has 0 aromatic heterocycles. The minimum Gasteiger partial charge on any atom is -0.312 e. The largest absolute Gasteiger partial charge is 0.312 e. The molecule has 0 unspecified atom stereocenters. The molecule has 0 bridgehead atoms. The van der Waals surface area contributed by atoms with Crippen LogP contribution >= 0.6 is 47.0 Å². The molecule has 0 saturated heterocycles. The average molecular weight is 290 g/mol. The van der Waals surface area contributed by atoms with E-state index >= 15 is 0 Å². The summed E-state index contributed by atoms with van der Waals surface area (Å²) in [5, 5.41) is 10.1. The first-order valence-corrected chi connectivity index (χ1v) is 8.82. The molecule has 0 radical (unpaired) electrons. The Labute approximate surface area is 114 Å². The second-order valence-corrected chi connectivity index (χ2v) is 7.78. The standard InChI is InChI=1S/C11H15NS4/c1-2-3-4-12-7-9-8-15-11(16-9)10-13-5-6-14-10/h5-6,8,12H,2-4,7H2,1H3. The Bertz CT molecular complexity index is 323. The lowest BCUT2D eigenvalue weighted by Gasteiger charge is -2.04. The van der Waals surface area contributed by atoms with Gasteiger partial charge in [0.1, 0.15) is 0 Å². The van der Waals surface area contributed by atoms with Crippen molar-refractivity contribution in [3.05, 3.63) is 29.6 Å². The summed E-state index contributed by atoms with van der Waals surface area (Å²) in [4.78, 5) is 1.46. The van der Waals surface area contributed by atoms with Gasteiger partial charge in [0, 0.05) is 11.4 Å². The molecule has 0 aliphatic carbocycles. The smallest absolute Gasteiger partial charge is 0.0697 e. The summed E-state index contributed by atoms with van der Waals surface area (Å²) in [5.41, 5.74) is 0. The summed E-state index contributed by atoms with van der Waals surface area (Å²) < 4.78 is 2.89. The first kappa shape index (κ1) is 13.0. The third-order valence-corrected chi connectivity index (χ3v) is 7.17. The Balaban J connectivity index is 1.72. The SMILES string of the molecule is CCCCNCC1=CSC(=C2SC=CS2)S1. The fourth-order valence-electron chi connectivity index (χ4n) is 1.27. The molecule has 2 rings (SSSR count). The fraction of sp³-hybridized carbons (Fsp3) is 0.455. The quantitative estimate of drug-likeness (QED) is 0.729. The van der Waals surface area contributed by atoms with E-state index in [0.29, 0.717) is 0 Å². The van der Waals surface area contributed by atoms with E-state index < -0.39 is 0 Å². The van der Waals surface area contributed by atoms with Crippen molar-refractivity contribution >= 4 is 47.0 Å². The Hall–Kier alpha value is 0.580. The number of nitrogens with one attached hydrogen (secondary N) is 1. The van der Waals surface area contributed by atoms with Gasteiger partial charge in [-0.05, 0) is 29.2 Å². The van der Waals surface area contributed by atoms with Crippen molar-refractivity contribution in [3.8, 4) is 0 Å². The molecule has 2 aliphatic heterocycles. The molecule has 0 aromatic carbocycles. The predicted octanol–water partition coefficient (Wildman–Crippen LogP) is 4.78. The van der Waals surface area contributed by atoms with E-state index in [1.165, 1.54) is 26.2 Å². The lowest BCUT2D eigenvalue weighted by molar-refractivity contribution is 0.679. The minimum atomic E-state index is 1.03. The Morgan fingerprint density at radius 1 is 1.12 bits per heavy atom. The van der Waals surface area contributed by atoms with Gasteiger partial charge in [0.15, 0.2) is 0 Å². The predicted molar refractivity (Wildman–Crippen MR) is 82.4 cm³/mol. The number of hydrogen-bond donors (Lipinski definition) is 1. The zero-order chi connectivity index (χ0) is 11.2. The van der Waals surface area contributed by atoms with Crippen LogP contribution in [0, 0.1) is 0 Å². The molecule has 0 saturated carbocycles. The molecule has 2 aliphatic rings. The topological polar surface area (TPSA) is 12.0 Å². The third-order valence-electron chi connectivity index (χ3n) is 2.10. The van der Waals surface area contributed by atoms with Gasteiger partial charge in [0.05, 0.1) is 8.47 Å². The van der Waals surface area contributed by atoms with Crippen molar-refractivity contribution in [2.75, 3.05) is 13.1 Å². The van der Waals surface area contributed by atoms with Crippen molar-refractivity contribution in [2.24, 2.45) is 0 Å². The van der Waals surface area contributed by atoms with Crippen LogP contribution in [0.25, 0.3) is 0 Å². The second kappa shape index (κ2) is 7.11. The lowest BCUT2D eigenvalue weighted by Crippen LogP contribution is -2.16. The zero-order valence-electron chi connectivity index (χ0n) is 9.19. The maximum atomic E-state index is 3.49. The van der Waals surface area contributed by atoms with E-state index in [2.05, 4.69) is 28.5 Å². The van der Waals surface area contributed by atoms with Gasteiger partial charge in [-0.2, -0.15) is 0 Å². The molecule has 0 atom stereocenters. The molecule has 1 nitrogen and oxygen atoms in total. The molecule has 2 heterocycles.